The third-order valence-corrected chi connectivity index (χ3v) is 5.79. The molecular weight excluding hydrogens is 453 g/mol. The molecule has 0 aliphatic heterocycles. The van der Waals surface area contributed by atoms with Gasteiger partial charge in [-0.1, -0.05) is 41.6 Å². The monoisotopic (exact) mass is 475 g/mol. The third-order valence-electron chi connectivity index (χ3n) is 4.86. The molecule has 0 unspecified atom stereocenters. The fourth-order valence-electron chi connectivity index (χ4n) is 3.15. The molecule has 0 aliphatic rings. The molecule has 1 heterocycles. The van der Waals surface area contributed by atoms with Crippen LogP contribution in [0.25, 0.3) is 17.1 Å². The van der Waals surface area contributed by atoms with Gasteiger partial charge in [-0.25, -0.2) is 9.82 Å². The molecule has 0 radical (unpaired) electrons. The highest BCUT2D eigenvalue weighted by Gasteiger charge is 2.17. The summed E-state index contributed by atoms with van der Waals surface area (Å²) in [7, 11) is 1.62. The van der Waals surface area contributed by atoms with Crippen molar-refractivity contribution in [2.24, 2.45) is 5.10 Å². The first-order chi connectivity index (χ1) is 16.5. The van der Waals surface area contributed by atoms with Gasteiger partial charge in [0, 0.05) is 11.3 Å². The van der Waals surface area contributed by atoms with Gasteiger partial charge in [-0.05, 0) is 61.0 Å². The number of amides is 1. The van der Waals surface area contributed by atoms with E-state index in [-0.39, 0.29) is 17.5 Å². The van der Waals surface area contributed by atoms with Gasteiger partial charge in [0.25, 0.3) is 5.91 Å². The van der Waals surface area contributed by atoms with Crippen molar-refractivity contribution in [1.82, 2.24) is 20.2 Å². The Bertz CT molecular complexity index is 1300. The summed E-state index contributed by atoms with van der Waals surface area (Å²) in [5, 5.41) is 13.2. The Morgan fingerprint density at radius 3 is 2.59 bits per heavy atom. The normalized spacial score (nSPS) is 11.0. The minimum absolute atomic E-state index is 0.0765. The number of nitrogens with one attached hydrogen (secondary N) is 1. The van der Waals surface area contributed by atoms with E-state index < -0.39 is 0 Å². The number of carbonyl (C=O) groups is 1. The van der Waals surface area contributed by atoms with E-state index in [4.69, 9.17) is 4.74 Å². The quantitative estimate of drug-likeness (QED) is 0.228. The van der Waals surface area contributed by atoms with Crippen LogP contribution in [0, 0.1) is 12.7 Å². The maximum Gasteiger partial charge on any atom is 0.250 e. The number of rotatable bonds is 8. The number of hydrogen-bond donors (Lipinski definition) is 1. The average molecular weight is 476 g/mol. The van der Waals surface area contributed by atoms with Crippen molar-refractivity contribution in [1.29, 1.82) is 0 Å². The number of ether oxygens (including phenoxy) is 1. The van der Waals surface area contributed by atoms with Crippen molar-refractivity contribution in [3.05, 3.63) is 89.7 Å². The number of thioether (sulfide) groups is 1. The Balaban J connectivity index is 1.52. The Labute approximate surface area is 200 Å². The summed E-state index contributed by atoms with van der Waals surface area (Å²) in [6.45, 7) is 2.02. The molecule has 172 valence electrons. The van der Waals surface area contributed by atoms with E-state index >= 15 is 0 Å². The summed E-state index contributed by atoms with van der Waals surface area (Å²) >= 11 is 1.24. The number of halogens is 1. The molecule has 7 nitrogen and oxygen atoms in total. The highest BCUT2D eigenvalue weighted by atomic mass is 32.2. The topological polar surface area (TPSA) is 81.4 Å². The maximum atomic E-state index is 13.3. The summed E-state index contributed by atoms with van der Waals surface area (Å²) in [6.07, 6.45) is 1.39. The molecular formula is C25H22FN5O2S. The largest absolute Gasteiger partial charge is 0.497 e. The zero-order valence-electron chi connectivity index (χ0n) is 18.6. The van der Waals surface area contributed by atoms with E-state index in [2.05, 4.69) is 20.7 Å². The van der Waals surface area contributed by atoms with E-state index in [0.717, 1.165) is 22.6 Å². The lowest BCUT2D eigenvalue weighted by Gasteiger charge is -2.11. The highest BCUT2D eigenvalue weighted by molar-refractivity contribution is 7.99. The standard InChI is InChI=1S/C25H22FN5O2S/c1-17-6-10-21(11-7-17)31-24(19-8-12-22(33-2)13-9-19)29-30-25(31)34-16-23(32)28-27-15-18-4-3-5-20(26)14-18/h3-15H,16H2,1-2H3,(H,28,32). The van der Waals surface area contributed by atoms with Gasteiger partial charge in [0.1, 0.15) is 11.6 Å². The van der Waals surface area contributed by atoms with E-state index in [1.54, 1.807) is 19.2 Å². The summed E-state index contributed by atoms with van der Waals surface area (Å²) in [4.78, 5) is 12.3. The lowest BCUT2D eigenvalue weighted by molar-refractivity contribution is -0.118. The smallest absolute Gasteiger partial charge is 0.250 e. The van der Waals surface area contributed by atoms with Gasteiger partial charge >= 0.3 is 0 Å². The molecule has 0 saturated heterocycles. The SMILES string of the molecule is COc1ccc(-c2nnc(SCC(=O)NN=Cc3cccc(F)c3)n2-c2ccc(C)cc2)cc1. The summed E-state index contributed by atoms with van der Waals surface area (Å²) in [5.41, 5.74) is 5.89. The minimum atomic E-state index is -0.367. The second-order valence-corrected chi connectivity index (χ2v) is 8.28. The first-order valence-electron chi connectivity index (χ1n) is 10.4. The van der Waals surface area contributed by atoms with Crippen molar-refractivity contribution < 1.29 is 13.9 Å². The van der Waals surface area contributed by atoms with Crippen molar-refractivity contribution >= 4 is 23.9 Å². The first kappa shape index (κ1) is 23.2. The van der Waals surface area contributed by atoms with E-state index in [0.29, 0.717) is 16.5 Å². The van der Waals surface area contributed by atoms with E-state index in [9.17, 15) is 9.18 Å². The van der Waals surface area contributed by atoms with Crippen molar-refractivity contribution in [2.45, 2.75) is 12.1 Å². The Kier molecular flexibility index (Phi) is 7.34. The molecule has 1 N–H and O–H groups in total. The van der Waals surface area contributed by atoms with E-state index in [1.807, 2.05) is 60.0 Å². The fourth-order valence-corrected chi connectivity index (χ4v) is 3.89. The van der Waals surface area contributed by atoms with E-state index in [1.165, 1.54) is 30.1 Å². The number of aryl methyl sites for hydroxylation is 1. The molecule has 1 amide bonds. The predicted molar refractivity (Wildman–Crippen MR) is 131 cm³/mol. The molecule has 0 aliphatic carbocycles. The number of carbonyl (C=O) groups excluding carboxylic acids is 1. The van der Waals surface area contributed by atoms with Crippen molar-refractivity contribution in [2.75, 3.05) is 12.9 Å². The summed E-state index contributed by atoms with van der Waals surface area (Å²) < 4.78 is 20.4. The second-order valence-electron chi connectivity index (χ2n) is 7.34. The number of hydrazone groups is 1. The summed E-state index contributed by atoms with van der Waals surface area (Å²) in [5.74, 6) is 0.789. The van der Waals surface area contributed by atoms with Crippen molar-refractivity contribution in [3.8, 4) is 22.8 Å². The molecule has 0 bridgehead atoms. The van der Waals surface area contributed by atoms with Gasteiger partial charge in [-0.3, -0.25) is 9.36 Å². The van der Waals surface area contributed by atoms with Crippen LogP contribution in [0.2, 0.25) is 0 Å². The molecule has 1 aromatic heterocycles. The lowest BCUT2D eigenvalue weighted by atomic mass is 10.2. The number of methoxy groups -OCH3 is 1. The predicted octanol–water partition coefficient (Wildman–Crippen LogP) is 4.63. The molecule has 9 heteroatoms. The molecule has 0 spiro atoms. The summed E-state index contributed by atoms with van der Waals surface area (Å²) in [6, 6.07) is 21.5. The Hall–Kier alpha value is -3.98. The zero-order chi connectivity index (χ0) is 23.9. The van der Waals surface area contributed by atoms with Crippen LogP contribution < -0.4 is 10.2 Å². The fraction of sp³-hybridized carbons (Fsp3) is 0.120. The molecule has 0 atom stereocenters. The molecule has 4 aromatic rings. The molecule has 34 heavy (non-hydrogen) atoms. The minimum Gasteiger partial charge on any atom is -0.497 e. The van der Waals surface area contributed by atoms with Crippen LogP contribution in [0.5, 0.6) is 5.75 Å². The Morgan fingerprint density at radius 2 is 1.88 bits per heavy atom. The van der Waals surface area contributed by atoms with Crippen LogP contribution in [0.15, 0.2) is 83.1 Å². The molecule has 3 aromatic carbocycles. The van der Waals surface area contributed by atoms with Crippen LogP contribution >= 0.6 is 11.8 Å². The van der Waals surface area contributed by atoms with Crippen LogP contribution in [0.3, 0.4) is 0 Å². The van der Waals surface area contributed by atoms with Crippen LogP contribution in [-0.2, 0) is 4.79 Å². The van der Waals surface area contributed by atoms with Gasteiger partial charge in [0.15, 0.2) is 11.0 Å². The van der Waals surface area contributed by atoms with Gasteiger partial charge in [-0.15, -0.1) is 10.2 Å². The lowest BCUT2D eigenvalue weighted by Crippen LogP contribution is -2.20. The van der Waals surface area contributed by atoms with Gasteiger partial charge in [0.2, 0.25) is 0 Å². The second kappa shape index (κ2) is 10.8. The first-order valence-corrected chi connectivity index (χ1v) is 11.4. The molecule has 0 saturated carbocycles. The average Bonchev–Trinajstić information content (AvgIpc) is 3.27. The maximum absolute atomic E-state index is 13.3. The number of nitrogens with zero attached hydrogens (tertiary/aromatic N) is 4. The third kappa shape index (κ3) is 5.68. The van der Waals surface area contributed by atoms with Gasteiger partial charge in [-0.2, -0.15) is 5.10 Å². The highest BCUT2D eigenvalue weighted by Crippen LogP contribution is 2.29. The Morgan fingerprint density at radius 1 is 1.12 bits per heavy atom. The number of benzene rings is 3. The molecule has 4 rings (SSSR count). The number of aromatic nitrogens is 3. The molecule has 0 fully saturated rings. The zero-order valence-corrected chi connectivity index (χ0v) is 19.4. The number of hydrogen-bond acceptors (Lipinski definition) is 6. The van der Waals surface area contributed by atoms with Gasteiger partial charge in [0.05, 0.1) is 19.1 Å². The van der Waals surface area contributed by atoms with Gasteiger partial charge < -0.3 is 4.74 Å². The van der Waals surface area contributed by atoms with Crippen LogP contribution in [0.4, 0.5) is 4.39 Å². The van der Waals surface area contributed by atoms with Crippen LogP contribution in [-0.4, -0.2) is 39.7 Å². The van der Waals surface area contributed by atoms with Crippen molar-refractivity contribution in [3.63, 3.8) is 0 Å². The van der Waals surface area contributed by atoms with Crippen LogP contribution in [0.1, 0.15) is 11.1 Å².